The van der Waals surface area contributed by atoms with E-state index < -0.39 is 0 Å². The molecule has 1 aromatic carbocycles. The molecule has 5 nitrogen and oxygen atoms in total. The highest BCUT2D eigenvalue weighted by Crippen LogP contribution is 2.25. The SMILES string of the molecule is CCCC(=O)Nc1cccc(NC(=O)[C@H]2CCN[C@@H](C)C2)c1C.Cl. The third-order valence-corrected chi connectivity index (χ3v) is 4.34. The summed E-state index contributed by atoms with van der Waals surface area (Å²) in [4.78, 5) is 24.3. The van der Waals surface area contributed by atoms with Gasteiger partial charge in [0.15, 0.2) is 0 Å². The van der Waals surface area contributed by atoms with E-state index in [2.05, 4.69) is 22.9 Å². The normalized spacial score (nSPS) is 20.0. The summed E-state index contributed by atoms with van der Waals surface area (Å²) in [5, 5.41) is 9.30. The van der Waals surface area contributed by atoms with Gasteiger partial charge in [-0.1, -0.05) is 13.0 Å². The Balaban J connectivity index is 0.00000288. The summed E-state index contributed by atoms with van der Waals surface area (Å²) in [6, 6.07) is 5.98. The molecule has 2 atom stereocenters. The predicted molar refractivity (Wildman–Crippen MR) is 101 cm³/mol. The number of nitrogens with one attached hydrogen (secondary N) is 3. The summed E-state index contributed by atoms with van der Waals surface area (Å²) < 4.78 is 0. The molecule has 1 fully saturated rings. The second-order valence-corrected chi connectivity index (χ2v) is 6.34. The first-order valence-electron chi connectivity index (χ1n) is 8.45. The zero-order valence-electron chi connectivity index (χ0n) is 14.6. The molecule has 6 heteroatoms. The third-order valence-electron chi connectivity index (χ3n) is 4.34. The highest BCUT2D eigenvalue weighted by Gasteiger charge is 2.25. The molecular weight excluding hydrogens is 326 g/mol. The summed E-state index contributed by atoms with van der Waals surface area (Å²) >= 11 is 0. The molecule has 24 heavy (non-hydrogen) atoms. The van der Waals surface area contributed by atoms with Gasteiger partial charge < -0.3 is 16.0 Å². The van der Waals surface area contributed by atoms with Crippen molar-refractivity contribution in [2.24, 2.45) is 5.92 Å². The largest absolute Gasteiger partial charge is 0.326 e. The second kappa shape index (κ2) is 9.64. The summed E-state index contributed by atoms with van der Waals surface area (Å²) in [5.74, 6) is 0.119. The number of benzene rings is 1. The molecule has 1 heterocycles. The van der Waals surface area contributed by atoms with Crippen molar-refractivity contribution in [2.45, 2.75) is 52.5 Å². The van der Waals surface area contributed by atoms with Crippen LogP contribution in [-0.2, 0) is 9.59 Å². The maximum atomic E-state index is 12.5. The molecule has 0 aromatic heterocycles. The van der Waals surface area contributed by atoms with Crippen LogP contribution in [0.1, 0.15) is 45.1 Å². The third kappa shape index (κ3) is 5.49. The Morgan fingerprint density at radius 2 is 1.92 bits per heavy atom. The Morgan fingerprint density at radius 3 is 2.54 bits per heavy atom. The average Bonchev–Trinajstić information content (AvgIpc) is 2.51. The van der Waals surface area contributed by atoms with Crippen LogP contribution in [0.5, 0.6) is 0 Å². The Labute approximate surface area is 150 Å². The van der Waals surface area contributed by atoms with Gasteiger partial charge in [-0.2, -0.15) is 0 Å². The molecule has 1 aromatic rings. The van der Waals surface area contributed by atoms with Gasteiger partial charge in [0.05, 0.1) is 0 Å². The van der Waals surface area contributed by atoms with Crippen LogP contribution in [-0.4, -0.2) is 24.4 Å². The fraction of sp³-hybridized carbons (Fsp3) is 0.556. The highest BCUT2D eigenvalue weighted by molar-refractivity contribution is 5.96. The van der Waals surface area contributed by atoms with E-state index in [1.807, 2.05) is 32.0 Å². The van der Waals surface area contributed by atoms with E-state index in [0.717, 1.165) is 42.7 Å². The van der Waals surface area contributed by atoms with E-state index in [1.165, 1.54) is 0 Å². The standard InChI is InChI=1S/C18H27N3O2.ClH/c1-4-6-17(22)20-15-7-5-8-16(13(15)3)21-18(23)14-9-10-19-12(2)11-14;/h5,7-8,12,14,19H,4,6,9-11H2,1-3H3,(H,20,22)(H,21,23);1H/t12-,14-;/m0./s1. The van der Waals surface area contributed by atoms with Crippen LogP contribution in [0.2, 0.25) is 0 Å². The van der Waals surface area contributed by atoms with Crippen molar-refractivity contribution in [3.8, 4) is 0 Å². The molecule has 0 unspecified atom stereocenters. The first kappa shape index (κ1) is 20.5. The van der Waals surface area contributed by atoms with Crippen LogP contribution in [0.3, 0.4) is 0 Å². The summed E-state index contributed by atoms with van der Waals surface area (Å²) in [5.41, 5.74) is 2.43. The van der Waals surface area contributed by atoms with Gasteiger partial charge in [0, 0.05) is 29.8 Å². The monoisotopic (exact) mass is 353 g/mol. The van der Waals surface area contributed by atoms with Crippen LogP contribution in [0.4, 0.5) is 11.4 Å². The number of hydrogen-bond acceptors (Lipinski definition) is 3. The van der Waals surface area contributed by atoms with Crippen molar-refractivity contribution in [1.29, 1.82) is 0 Å². The molecule has 1 aliphatic heterocycles. The van der Waals surface area contributed by atoms with Gasteiger partial charge in [0.25, 0.3) is 0 Å². The van der Waals surface area contributed by atoms with Gasteiger partial charge in [-0.05, 0) is 57.4 Å². The van der Waals surface area contributed by atoms with E-state index in [0.29, 0.717) is 12.5 Å². The van der Waals surface area contributed by atoms with E-state index in [4.69, 9.17) is 0 Å². The van der Waals surface area contributed by atoms with Gasteiger partial charge in [0.1, 0.15) is 0 Å². The van der Waals surface area contributed by atoms with Gasteiger partial charge in [-0.15, -0.1) is 12.4 Å². The molecule has 0 spiro atoms. The van der Waals surface area contributed by atoms with E-state index in [1.54, 1.807) is 0 Å². The van der Waals surface area contributed by atoms with Crippen molar-refractivity contribution < 1.29 is 9.59 Å². The van der Waals surface area contributed by atoms with Gasteiger partial charge in [-0.25, -0.2) is 0 Å². The lowest BCUT2D eigenvalue weighted by Gasteiger charge is -2.27. The molecule has 1 aliphatic rings. The predicted octanol–water partition coefficient (Wildman–Crippen LogP) is 3.48. The first-order valence-corrected chi connectivity index (χ1v) is 8.45. The van der Waals surface area contributed by atoms with Crippen molar-refractivity contribution in [1.82, 2.24) is 5.32 Å². The van der Waals surface area contributed by atoms with Crippen LogP contribution in [0.25, 0.3) is 0 Å². The molecular formula is C18H28ClN3O2. The van der Waals surface area contributed by atoms with Crippen LogP contribution >= 0.6 is 12.4 Å². The van der Waals surface area contributed by atoms with Crippen molar-refractivity contribution in [2.75, 3.05) is 17.2 Å². The lowest BCUT2D eigenvalue weighted by molar-refractivity contribution is -0.121. The van der Waals surface area contributed by atoms with Crippen LogP contribution in [0, 0.1) is 12.8 Å². The Morgan fingerprint density at radius 1 is 1.25 bits per heavy atom. The van der Waals surface area contributed by atoms with Gasteiger partial charge >= 0.3 is 0 Å². The Bertz CT molecular complexity index is 577. The molecule has 0 saturated carbocycles. The zero-order chi connectivity index (χ0) is 16.8. The Hall–Kier alpha value is -1.59. The number of amides is 2. The molecule has 1 saturated heterocycles. The number of halogens is 1. The quantitative estimate of drug-likeness (QED) is 0.759. The maximum absolute atomic E-state index is 12.5. The molecule has 0 aliphatic carbocycles. The first-order chi connectivity index (χ1) is 11.0. The summed E-state index contributed by atoms with van der Waals surface area (Å²) in [7, 11) is 0. The molecule has 0 bridgehead atoms. The minimum atomic E-state index is 0. The zero-order valence-corrected chi connectivity index (χ0v) is 15.5. The summed E-state index contributed by atoms with van der Waals surface area (Å²) in [6.45, 7) is 6.88. The minimum absolute atomic E-state index is 0. The maximum Gasteiger partial charge on any atom is 0.227 e. The van der Waals surface area contributed by atoms with E-state index in [-0.39, 0.29) is 30.1 Å². The molecule has 3 N–H and O–H groups in total. The van der Waals surface area contributed by atoms with Crippen molar-refractivity contribution in [3.05, 3.63) is 23.8 Å². The highest BCUT2D eigenvalue weighted by atomic mass is 35.5. The fourth-order valence-corrected chi connectivity index (χ4v) is 2.95. The van der Waals surface area contributed by atoms with Crippen LogP contribution in [0.15, 0.2) is 18.2 Å². The smallest absolute Gasteiger partial charge is 0.227 e. The molecule has 134 valence electrons. The average molecular weight is 354 g/mol. The lowest BCUT2D eigenvalue weighted by Crippen LogP contribution is -2.40. The molecule has 0 radical (unpaired) electrons. The second-order valence-electron chi connectivity index (χ2n) is 6.34. The fourth-order valence-electron chi connectivity index (χ4n) is 2.95. The van der Waals surface area contributed by atoms with Crippen molar-refractivity contribution in [3.63, 3.8) is 0 Å². The number of anilines is 2. The van der Waals surface area contributed by atoms with Crippen molar-refractivity contribution >= 4 is 35.6 Å². The Kier molecular flexibility index (Phi) is 8.22. The number of carbonyl (C=O) groups is 2. The van der Waals surface area contributed by atoms with E-state index >= 15 is 0 Å². The van der Waals surface area contributed by atoms with Crippen LogP contribution < -0.4 is 16.0 Å². The number of hydrogen-bond donors (Lipinski definition) is 3. The summed E-state index contributed by atoms with van der Waals surface area (Å²) in [6.07, 6.45) is 3.04. The minimum Gasteiger partial charge on any atom is -0.326 e. The van der Waals surface area contributed by atoms with E-state index in [9.17, 15) is 9.59 Å². The molecule has 2 amide bonds. The molecule has 2 rings (SSSR count). The number of rotatable bonds is 5. The lowest BCUT2D eigenvalue weighted by atomic mass is 9.92. The van der Waals surface area contributed by atoms with Gasteiger partial charge in [-0.3, -0.25) is 9.59 Å². The number of carbonyl (C=O) groups excluding carboxylic acids is 2. The topological polar surface area (TPSA) is 70.2 Å². The van der Waals surface area contributed by atoms with Gasteiger partial charge in [0.2, 0.25) is 11.8 Å². The number of piperidine rings is 1.